The summed E-state index contributed by atoms with van der Waals surface area (Å²) in [6.45, 7) is 1.37. The molecule has 0 unspecified atom stereocenters. The SMILES string of the molecule is CC(=O)c1ccc(-c2cccnc2)[nH]c1=O. The Hall–Kier alpha value is -2.23. The van der Waals surface area contributed by atoms with Gasteiger partial charge in [-0.2, -0.15) is 0 Å². The lowest BCUT2D eigenvalue weighted by atomic mass is 10.1. The average Bonchev–Trinajstić information content (AvgIpc) is 2.29. The summed E-state index contributed by atoms with van der Waals surface area (Å²) in [5.41, 5.74) is 1.28. The standard InChI is InChI=1S/C12H10N2O2/c1-8(15)10-4-5-11(14-12(10)16)9-3-2-6-13-7-9/h2-7H,1H3,(H,14,16). The molecule has 2 aromatic heterocycles. The molecular formula is C12H10N2O2. The molecule has 0 spiro atoms. The van der Waals surface area contributed by atoms with E-state index in [1.54, 1.807) is 24.5 Å². The molecule has 16 heavy (non-hydrogen) atoms. The van der Waals surface area contributed by atoms with Crippen molar-refractivity contribution in [3.05, 3.63) is 52.6 Å². The summed E-state index contributed by atoms with van der Waals surface area (Å²) in [5.74, 6) is -0.237. The molecule has 0 radical (unpaired) electrons. The number of hydrogen-bond acceptors (Lipinski definition) is 3. The highest BCUT2D eigenvalue weighted by Crippen LogP contribution is 2.13. The number of ketones is 1. The summed E-state index contributed by atoms with van der Waals surface area (Å²) in [6.07, 6.45) is 3.31. The Balaban J connectivity index is 2.51. The maximum absolute atomic E-state index is 11.6. The largest absolute Gasteiger partial charge is 0.321 e. The van der Waals surface area contributed by atoms with Gasteiger partial charge in [-0.1, -0.05) is 0 Å². The molecule has 2 aromatic rings. The van der Waals surface area contributed by atoms with E-state index in [2.05, 4.69) is 9.97 Å². The molecule has 0 bridgehead atoms. The molecule has 0 aliphatic heterocycles. The Bertz CT molecular complexity index is 573. The summed E-state index contributed by atoms with van der Waals surface area (Å²) >= 11 is 0. The third-order valence-electron chi connectivity index (χ3n) is 2.26. The van der Waals surface area contributed by atoms with Crippen LogP contribution in [0.4, 0.5) is 0 Å². The summed E-state index contributed by atoms with van der Waals surface area (Å²) in [7, 11) is 0. The van der Waals surface area contributed by atoms with E-state index in [0.717, 1.165) is 5.56 Å². The van der Waals surface area contributed by atoms with Gasteiger partial charge in [-0.15, -0.1) is 0 Å². The molecule has 80 valence electrons. The first-order chi connectivity index (χ1) is 7.68. The number of rotatable bonds is 2. The maximum atomic E-state index is 11.6. The van der Waals surface area contributed by atoms with Crippen molar-refractivity contribution in [3.63, 3.8) is 0 Å². The average molecular weight is 214 g/mol. The van der Waals surface area contributed by atoms with Gasteiger partial charge in [-0.05, 0) is 31.2 Å². The number of carbonyl (C=O) groups is 1. The molecule has 0 aliphatic carbocycles. The van der Waals surface area contributed by atoms with Crippen molar-refractivity contribution in [2.45, 2.75) is 6.92 Å². The van der Waals surface area contributed by atoms with Gasteiger partial charge in [0.15, 0.2) is 5.78 Å². The van der Waals surface area contributed by atoms with Crippen LogP contribution in [0.15, 0.2) is 41.5 Å². The normalized spacial score (nSPS) is 10.1. The monoisotopic (exact) mass is 214 g/mol. The molecule has 0 atom stereocenters. The highest BCUT2D eigenvalue weighted by Gasteiger charge is 2.06. The number of nitrogens with zero attached hydrogens (tertiary/aromatic N) is 1. The quantitative estimate of drug-likeness (QED) is 0.773. The predicted octanol–water partition coefficient (Wildman–Crippen LogP) is 1.64. The van der Waals surface area contributed by atoms with E-state index in [-0.39, 0.29) is 16.9 Å². The first-order valence-corrected chi connectivity index (χ1v) is 4.83. The Morgan fingerprint density at radius 2 is 2.12 bits per heavy atom. The minimum absolute atomic E-state index is 0.174. The van der Waals surface area contributed by atoms with Crippen molar-refractivity contribution in [1.29, 1.82) is 0 Å². The Labute approximate surface area is 92.0 Å². The van der Waals surface area contributed by atoms with Crippen molar-refractivity contribution in [1.82, 2.24) is 9.97 Å². The van der Waals surface area contributed by atoms with E-state index in [0.29, 0.717) is 5.69 Å². The van der Waals surface area contributed by atoms with Crippen LogP contribution in [0.1, 0.15) is 17.3 Å². The number of aromatic amines is 1. The molecule has 0 saturated carbocycles. The number of hydrogen-bond donors (Lipinski definition) is 1. The smallest absolute Gasteiger partial charge is 0.259 e. The Kier molecular flexibility index (Phi) is 2.64. The lowest BCUT2D eigenvalue weighted by Gasteiger charge is -2.01. The number of H-pyrrole nitrogens is 1. The highest BCUT2D eigenvalue weighted by molar-refractivity contribution is 5.93. The zero-order valence-corrected chi connectivity index (χ0v) is 8.73. The van der Waals surface area contributed by atoms with Crippen LogP contribution in [0.3, 0.4) is 0 Å². The first kappa shape index (κ1) is 10.3. The molecule has 4 nitrogen and oxygen atoms in total. The number of pyridine rings is 2. The van der Waals surface area contributed by atoms with Crippen LogP contribution in [0.25, 0.3) is 11.3 Å². The lowest BCUT2D eigenvalue weighted by molar-refractivity contribution is 0.101. The van der Waals surface area contributed by atoms with Crippen molar-refractivity contribution in [2.75, 3.05) is 0 Å². The van der Waals surface area contributed by atoms with E-state index in [9.17, 15) is 9.59 Å². The number of aromatic nitrogens is 2. The van der Waals surface area contributed by atoms with Gasteiger partial charge in [-0.25, -0.2) is 0 Å². The summed E-state index contributed by atoms with van der Waals surface area (Å²) in [5, 5.41) is 0. The lowest BCUT2D eigenvalue weighted by Crippen LogP contribution is -2.15. The molecule has 0 aliphatic rings. The zero-order chi connectivity index (χ0) is 11.5. The second-order valence-corrected chi connectivity index (χ2v) is 3.41. The van der Waals surface area contributed by atoms with Crippen molar-refractivity contribution in [3.8, 4) is 11.3 Å². The molecule has 2 heterocycles. The van der Waals surface area contributed by atoms with Gasteiger partial charge in [0, 0.05) is 23.7 Å². The van der Waals surface area contributed by atoms with Crippen LogP contribution < -0.4 is 5.56 Å². The van der Waals surface area contributed by atoms with Crippen LogP contribution in [0.2, 0.25) is 0 Å². The van der Waals surface area contributed by atoms with E-state index in [1.165, 1.54) is 13.0 Å². The fourth-order valence-electron chi connectivity index (χ4n) is 1.44. The van der Waals surface area contributed by atoms with Gasteiger partial charge in [-0.3, -0.25) is 14.6 Å². The van der Waals surface area contributed by atoms with E-state index >= 15 is 0 Å². The second kappa shape index (κ2) is 4.10. The third kappa shape index (κ3) is 1.91. The Morgan fingerprint density at radius 1 is 1.31 bits per heavy atom. The fraction of sp³-hybridized carbons (Fsp3) is 0.0833. The minimum Gasteiger partial charge on any atom is -0.321 e. The molecular weight excluding hydrogens is 204 g/mol. The molecule has 1 N–H and O–H groups in total. The molecule has 0 saturated heterocycles. The molecule has 0 amide bonds. The van der Waals surface area contributed by atoms with Gasteiger partial charge in [0.1, 0.15) is 0 Å². The van der Waals surface area contributed by atoms with E-state index < -0.39 is 0 Å². The van der Waals surface area contributed by atoms with Crippen LogP contribution in [-0.4, -0.2) is 15.8 Å². The van der Waals surface area contributed by atoms with Crippen molar-refractivity contribution in [2.24, 2.45) is 0 Å². The minimum atomic E-state index is -0.367. The number of Topliss-reactive ketones (excluding diaryl/α,β-unsaturated/α-hetero) is 1. The van der Waals surface area contributed by atoms with E-state index in [1.807, 2.05) is 6.07 Å². The van der Waals surface area contributed by atoms with Crippen LogP contribution >= 0.6 is 0 Å². The van der Waals surface area contributed by atoms with Crippen molar-refractivity contribution >= 4 is 5.78 Å². The van der Waals surface area contributed by atoms with Gasteiger partial charge in [0.25, 0.3) is 5.56 Å². The maximum Gasteiger partial charge on any atom is 0.259 e. The van der Waals surface area contributed by atoms with Crippen molar-refractivity contribution < 1.29 is 4.79 Å². The summed E-state index contributed by atoms with van der Waals surface area (Å²) < 4.78 is 0. The topological polar surface area (TPSA) is 62.8 Å². The first-order valence-electron chi connectivity index (χ1n) is 4.83. The van der Waals surface area contributed by atoms with E-state index in [4.69, 9.17) is 0 Å². The predicted molar refractivity (Wildman–Crippen MR) is 60.3 cm³/mol. The second-order valence-electron chi connectivity index (χ2n) is 3.41. The summed E-state index contributed by atoms with van der Waals surface area (Å²) in [6, 6.07) is 6.86. The van der Waals surface area contributed by atoms with Crippen LogP contribution in [0.5, 0.6) is 0 Å². The van der Waals surface area contributed by atoms with Gasteiger partial charge < -0.3 is 4.98 Å². The van der Waals surface area contributed by atoms with Gasteiger partial charge in [0.2, 0.25) is 0 Å². The van der Waals surface area contributed by atoms with Gasteiger partial charge >= 0.3 is 0 Å². The highest BCUT2D eigenvalue weighted by atomic mass is 16.1. The fourth-order valence-corrected chi connectivity index (χ4v) is 1.44. The van der Waals surface area contributed by atoms with Crippen LogP contribution in [0, 0.1) is 0 Å². The third-order valence-corrected chi connectivity index (χ3v) is 2.26. The molecule has 0 aromatic carbocycles. The zero-order valence-electron chi connectivity index (χ0n) is 8.73. The van der Waals surface area contributed by atoms with Crippen LogP contribution in [-0.2, 0) is 0 Å². The number of nitrogens with one attached hydrogen (secondary N) is 1. The van der Waals surface area contributed by atoms with Gasteiger partial charge in [0.05, 0.1) is 5.56 Å². The molecule has 2 rings (SSSR count). The number of carbonyl (C=O) groups excluding carboxylic acids is 1. The molecule has 0 fully saturated rings. The summed E-state index contributed by atoms with van der Waals surface area (Å²) in [4.78, 5) is 29.3. The Morgan fingerprint density at radius 3 is 2.69 bits per heavy atom. The molecule has 4 heteroatoms.